The Morgan fingerprint density at radius 3 is 2.67 bits per heavy atom. The SMILES string of the molecule is COc1cccc(C=NCc2ccccn2)c1O.[O]=[V]=[O]. The second-order valence-electron chi connectivity index (χ2n) is 3.76. The molecule has 1 aromatic carbocycles. The van der Waals surface area contributed by atoms with Crippen molar-refractivity contribution in [1.29, 1.82) is 0 Å². The van der Waals surface area contributed by atoms with Gasteiger partial charge in [-0.25, -0.2) is 0 Å². The Labute approximate surface area is 129 Å². The molecule has 1 aromatic heterocycles. The average Bonchev–Trinajstić information content (AvgIpc) is 2.51. The van der Waals surface area contributed by atoms with Crippen LogP contribution in [0, 0.1) is 0 Å². The van der Waals surface area contributed by atoms with E-state index in [9.17, 15) is 5.11 Å². The van der Waals surface area contributed by atoms with Crippen molar-refractivity contribution in [3.63, 3.8) is 0 Å². The van der Waals surface area contributed by atoms with E-state index in [1.54, 1.807) is 30.6 Å². The molecular formula is C14H14N2O4V. The van der Waals surface area contributed by atoms with Crippen LogP contribution >= 0.6 is 0 Å². The van der Waals surface area contributed by atoms with E-state index in [0.29, 0.717) is 17.9 Å². The Bertz CT molecular complexity index is 626. The van der Waals surface area contributed by atoms with Gasteiger partial charge >= 0.3 is 23.5 Å². The second kappa shape index (κ2) is 9.68. The predicted octanol–water partition coefficient (Wildman–Crippen LogP) is 2.17. The van der Waals surface area contributed by atoms with Crippen LogP contribution in [0.2, 0.25) is 0 Å². The second-order valence-corrected chi connectivity index (χ2v) is 4.00. The van der Waals surface area contributed by atoms with E-state index in [-0.39, 0.29) is 5.75 Å². The van der Waals surface area contributed by atoms with E-state index in [1.165, 1.54) is 7.11 Å². The van der Waals surface area contributed by atoms with Gasteiger partial charge in [-0.1, -0.05) is 12.1 Å². The summed E-state index contributed by atoms with van der Waals surface area (Å²) in [6.45, 7) is 0.484. The molecule has 1 heterocycles. The fourth-order valence-corrected chi connectivity index (χ4v) is 1.54. The molecule has 2 rings (SSSR count). The number of nitrogens with zero attached hydrogens (tertiary/aromatic N) is 2. The summed E-state index contributed by atoms with van der Waals surface area (Å²) in [4.78, 5) is 8.41. The van der Waals surface area contributed by atoms with Gasteiger partial charge in [-0.2, -0.15) is 0 Å². The van der Waals surface area contributed by atoms with Gasteiger partial charge in [0.15, 0.2) is 11.5 Å². The summed E-state index contributed by atoms with van der Waals surface area (Å²) in [6, 6.07) is 11.0. The summed E-state index contributed by atoms with van der Waals surface area (Å²) in [7, 11) is 1.52. The number of phenolic OH excluding ortho intramolecular Hbond substituents is 1. The molecule has 0 fully saturated rings. The molecule has 0 saturated heterocycles. The van der Waals surface area contributed by atoms with Gasteiger partial charge in [0.05, 0.1) is 19.3 Å². The van der Waals surface area contributed by atoms with Gasteiger partial charge < -0.3 is 9.84 Å². The predicted molar refractivity (Wildman–Crippen MR) is 71.6 cm³/mol. The van der Waals surface area contributed by atoms with Crippen molar-refractivity contribution in [3.8, 4) is 11.5 Å². The van der Waals surface area contributed by atoms with E-state index in [2.05, 4.69) is 9.98 Å². The fourth-order valence-electron chi connectivity index (χ4n) is 1.54. The van der Waals surface area contributed by atoms with Crippen LogP contribution in [0.4, 0.5) is 0 Å². The van der Waals surface area contributed by atoms with Gasteiger partial charge in [-0.3, -0.25) is 9.98 Å². The molecule has 109 valence electrons. The van der Waals surface area contributed by atoms with Crippen LogP contribution < -0.4 is 4.74 Å². The van der Waals surface area contributed by atoms with Gasteiger partial charge in [-0.05, 0) is 24.3 Å². The van der Waals surface area contributed by atoms with Gasteiger partial charge in [0.2, 0.25) is 0 Å². The first kappa shape index (κ1) is 16.9. The van der Waals surface area contributed by atoms with Crippen LogP contribution in [-0.4, -0.2) is 23.4 Å². The van der Waals surface area contributed by atoms with Crippen LogP contribution in [0.3, 0.4) is 0 Å². The molecule has 0 aliphatic carbocycles. The number of aliphatic imine (C=N–C) groups is 1. The minimum atomic E-state index is -1.81. The van der Waals surface area contributed by atoms with Crippen molar-refractivity contribution in [2.24, 2.45) is 4.99 Å². The van der Waals surface area contributed by atoms with Crippen molar-refractivity contribution in [2.45, 2.75) is 6.54 Å². The average molecular weight is 325 g/mol. The zero-order chi connectivity index (χ0) is 15.5. The van der Waals surface area contributed by atoms with Crippen molar-refractivity contribution in [2.75, 3.05) is 7.11 Å². The molecule has 21 heavy (non-hydrogen) atoms. The van der Waals surface area contributed by atoms with Gasteiger partial charge in [-0.15, -0.1) is 0 Å². The number of ether oxygens (including phenoxy) is 1. The zero-order valence-corrected chi connectivity index (χ0v) is 12.7. The molecule has 0 saturated carbocycles. The van der Waals surface area contributed by atoms with Crippen molar-refractivity contribution >= 4 is 6.21 Å². The van der Waals surface area contributed by atoms with E-state index < -0.39 is 16.2 Å². The number of hydrogen-bond acceptors (Lipinski definition) is 6. The first-order chi connectivity index (χ1) is 10.2. The summed E-state index contributed by atoms with van der Waals surface area (Å²) >= 11 is -1.81. The van der Waals surface area contributed by atoms with Gasteiger partial charge in [0.1, 0.15) is 0 Å². The molecular weight excluding hydrogens is 311 g/mol. The molecule has 6 nitrogen and oxygen atoms in total. The summed E-state index contributed by atoms with van der Waals surface area (Å²) in [5, 5.41) is 9.85. The molecule has 0 unspecified atom stereocenters. The molecule has 0 atom stereocenters. The van der Waals surface area contributed by atoms with Crippen molar-refractivity contribution in [3.05, 3.63) is 53.9 Å². The standard InChI is InChI=1S/C14H14N2O2.2O.V/c1-18-13-7-4-5-11(14(13)17)9-15-10-12-6-2-3-8-16-12;;;/h2-9,17H,10H2,1H3;;;. The Morgan fingerprint density at radius 2 is 2.05 bits per heavy atom. The van der Waals surface area contributed by atoms with E-state index in [0.717, 1.165) is 5.69 Å². The number of methoxy groups -OCH3 is 1. The third-order valence-electron chi connectivity index (χ3n) is 2.46. The quantitative estimate of drug-likeness (QED) is 0.870. The Balaban J connectivity index is 0.000000677. The number of pyridine rings is 1. The normalized spacial score (nSPS) is 9.57. The van der Waals surface area contributed by atoms with E-state index in [1.807, 2.05) is 18.2 Å². The molecule has 0 spiro atoms. The topological polar surface area (TPSA) is 88.8 Å². The number of phenols is 1. The van der Waals surface area contributed by atoms with Crippen molar-refractivity contribution in [1.82, 2.24) is 4.98 Å². The number of aromatic hydroxyl groups is 1. The summed E-state index contributed by atoms with van der Waals surface area (Å²) in [5.41, 5.74) is 1.52. The fraction of sp³-hybridized carbons (Fsp3) is 0.143. The molecule has 0 aliphatic heterocycles. The first-order valence-corrected chi connectivity index (χ1v) is 7.07. The molecule has 0 bridgehead atoms. The number of aromatic nitrogens is 1. The number of rotatable bonds is 4. The molecule has 7 heteroatoms. The summed E-state index contributed by atoms with van der Waals surface area (Å²) in [5.74, 6) is 0.543. The summed E-state index contributed by atoms with van der Waals surface area (Å²) in [6.07, 6.45) is 3.35. The maximum absolute atomic E-state index is 9.85. The first-order valence-electron chi connectivity index (χ1n) is 5.93. The third kappa shape index (κ3) is 5.77. The monoisotopic (exact) mass is 325 g/mol. The molecule has 0 radical (unpaired) electrons. The maximum atomic E-state index is 9.85. The Morgan fingerprint density at radius 1 is 1.29 bits per heavy atom. The van der Waals surface area contributed by atoms with Crippen LogP contribution in [0.5, 0.6) is 11.5 Å². The Hall–Kier alpha value is -2.18. The van der Waals surface area contributed by atoms with Gasteiger partial charge in [0, 0.05) is 18.0 Å². The molecule has 1 N–H and O–H groups in total. The summed E-state index contributed by atoms with van der Waals surface area (Å²) < 4.78 is 22.0. The van der Waals surface area contributed by atoms with Crippen LogP contribution in [0.1, 0.15) is 11.3 Å². The number of hydrogen-bond donors (Lipinski definition) is 1. The van der Waals surface area contributed by atoms with Gasteiger partial charge in [0.25, 0.3) is 0 Å². The minimum absolute atomic E-state index is 0.102. The van der Waals surface area contributed by atoms with Crippen molar-refractivity contribution < 1.29 is 33.4 Å². The Kier molecular flexibility index (Phi) is 7.78. The van der Waals surface area contributed by atoms with Crippen LogP contribution in [-0.2, 0) is 30.1 Å². The van der Waals surface area contributed by atoms with E-state index in [4.69, 9.17) is 12.1 Å². The number of para-hydroxylation sites is 1. The molecule has 2 aromatic rings. The van der Waals surface area contributed by atoms with E-state index >= 15 is 0 Å². The molecule has 0 amide bonds. The zero-order valence-electron chi connectivity index (χ0n) is 11.3. The number of benzene rings is 1. The van der Waals surface area contributed by atoms with Crippen LogP contribution in [0.25, 0.3) is 0 Å². The third-order valence-corrected chi connectivity index (χ3v) is 2.46. The van der Waals surface area contributed by atoms with Crippen LogP contribution in [0.15, 0.2) is 47.6 Å². The molecule has 0 aliphatic rings.